The van der Waals surface area contributed by atoms with Crippen molar-refractivity contribution in [1.82, 2.24) is 9.78 Å². The highest BCUT2D eigenvalue weighted by Gasteiger charge is 2.15. The number of nitriles is 1. The maximum absolute atomic E-state index is 8.97. The van der Waals surface area contributed by atoms with Crippen molar-refractivity contribution in [3.05, 3.63) is 35.0 Å². The molecule has 0 spiro atoms. The number of ether oxygens (including phenoxy) is 1. The fourth-order valence-corrected chi connectivity index (χ4v) is 1.93. The van der Waals surface area contributed by atoms with Gasteiger partial charge in [-0.1, -0.05) is 13.0 Å². The zero-order valence-electron chi connectivity index (χ0n) is 12.0. The van der Waals surface area contributed by atoms with Crippen LogP contribution in [-0.2, 0) is 6.54 Å². The summed E-state index contributed by atoms with van der Waals surface area (Å²) in [6.45, 7) is 6.59. The monoisotopic (exact) mass is 270 g/mol. The molecule has 0 amide bonds. The minimum absolute atomic E-state index is 0.542. The number of rotatable bonds is 4. The molecule has 0 saturated heterocycles. The Balaban J connectivity index is 2.42. The van der Waals surface area contributed by atoms with E-state index < -0.39 is 0 Å². The van der Waals surface area contributed by atoms with Gasteiger partial charge in [-0.05, 0) is 38.0 Å². The Kier molecular flexibility index (Phi) is 3.94. The van der Waals surface area contributed by atoms with Gasteiger partial charge in [-0.25, -0.2) is 4.68 Å². The van der Waals surface area contributed by atoms with Crippen LogP contribution in [-0.4, -0.2) is 9.78 Å². The quantitative estimate of drug-likeness (QED) is 0.925. The topological polar surface area (TPSA) is 76.9 Å². The summed E-state index contributed by atoms with van der Waals surface area (Å²) in [6.07, 6.45) is 0.939. The van der Waals surface area contributed by atoms with E-state index in [1.54, 1.807) is 16.8 Å². The standard InChI is InChI=1S/C15H18N4O/c1-4-7-19-15(14(17)11(3)18-19)20-13-8-12(9-16)6-5-10(13)2/h5-6,8H,4,7,17H2,1-3H3. The highest BCUT2D eigenvalue weighted by Crippen LogP contribution is 2.32. The molecule has 1 aromatic carbocycles. The van der Waals surface area contributed by atoms with Crippen molar-refractivity contribution < 1.29 is 4.74 Å². The average Bonchev–Trinajstić information content (AvgIpc) is 2.69. The van der Waals surface area contributed by atoms with Gasteiger partial charge in [0.25, 0.3) is 0 Å². The number of hydrogen-bond donors (Lipinski definition) is 1. The summed E-state index contributed by atoms with van der Waals surface area (Å²) in [4.78, 5) is 0. The molecule has 20 heavy (non-hydrogen) atoms. The number of hydrogen-bond acceptors (Lipinski definition) is 4. The lowest BCUT2D eigenvalue weighted by molar-refractivity contribution is 0.408. The minimum atomic E-state index is 0.542. The first-order valence-electron chi connectivity index (χ1n) is 6.58. The molecule has 5 nitrogen and oxygen atoms in total. The van der Waals surface area contributed by atoms with Gasteiger partial charge in [0.15, 0.2) is 0 Å². The molecule has 0 atom stereocenters. The van der Waals surface area contributed by atoms with Crippen LogP contribution in [0.25, 0.3) is 0 Å². The largest absolute Gasteiger partial charge is 0.437 e. The Labute approximate surface area is 118 Å². The highest BCUT2D eigenvalue weighted by atomic mass is 16.5. The molecule has 0 aliphatic rings. The number of nitrogens with two attached hydrogens (primary N) is 1. The molecule has 0 aliphatic heterocycles. The lowest BCUT2D eigenvalue weighted by atomic mass is 10.1. The van der Waals surface area contributed by atoms with Crippen LogP contribution in [0.5, 0.6) is 11.6 Å². The second kappa shape index (κ2) is 5.66. The van der Waals surface area contributed by atoms with E-state index in [0.717, 1.165) is 24.2 Å². The molecular weight excluding hydrogens is 252 g/mol. The van der Waals surface area contributed by atoms with Gasteiger partial charge in [0.05, 0.1) is 17.3 Å². The van der Waals surface area contributed by atoms with E-state index in [9.17, 15) is 0 Å². The molecule has 2 N–H and O–H groups in total. The van der Waals surface area contributed by atoms with E-state index in [0.29, 0.717) is 22.9 Å². The zero-order valence-corrected chi connectivity index (χ0v) is 12.0. The molecule has 1 aromatic heterocycles. The third-order valence-corrected chi connectivity index (χ3v) is 3.08. The number of anilines is 1. The summed E-state index contributed by atoms with van der Waals surface area (Å²) in [7, 11) is 0. The first kappa shape index (κ1) is 13.9. The first-order valence-corrected chi connectivity index (χ1v) is 6.58. The number of nitrogen functional groups attached to an aromatic ring is 1. The molecule has 2 aromatic rings. The Hall–Kier alpha value is -2.48. The van der Waals surface area contributed by atoms with Crippen molar-refractivity contribution in [3.8, 4) is 17.7 Å². The van der Waals surface area contributed by atoms with E-state index in [1.807, 2.05) is 19.9 Å². The fraction of sp³-hybridized carbons (Fsp3) is 0.333. The highest BCUT2D eigenvalue weighted by molar-refractivity contribution is 5.55. The Morgan fingerprint density at radius 2 is 2.15 bits per heavy atom. The van der Waals surface area contributed by atoms with Crippen molar-refractivity contribution in [2.75, 3.05) is 5.73 Å². The second-order valence-corrected chi connectivity index (χ2v) is 4.72. The normalized spacial score (nSPS) is 10.3. The third kappa shape index (κ3) is 2.59. The first-order chi connectivity index (χ1) is 9.56. The van der Waals surface area contributed by atoms with Crippen LogP contribution < -0.4 is 10.5 Å². The van der Waals surface area contributed by atoms with Gasteiger partial charge in [-0.15, -0.1) is 0 Å². The summed E-state index contributed by atoms with van der Waals surface area (Å²) in [5.41, 5.74) is 8.83. The van der Waals surface area contributed by atoms with Crippen molar-refractivity contribution in [3.63, 3.8) is 0 Å². The van der Waals surface area contributed by atoms with E-state index >= 15 is 0 Å². The zero-order chi connectivity index (χ0) is 14.7. The molecule has 0 radical (unpaired) electrons. The molecule has 1 heterocycles. The van der Waals surface area contributed by atoms with Crippen molar-refractivity contribution in [2.24, 2.45) is 0 Å². The van der Waals surface area contributed by atoms with Gasteiger partial charge < -0.3 is 10.5 Å². The second-order valence-electron chi connectivity index (χ2n) is 4.72. The SMILES string of the molecule is CCCn1nc(C)c(N)c1Oc1cc(C#N)ccc1C. The smallest absolute Gasteiger partial charge is 0.241 e. The summed E-state index contributed by atoms with van der Waals surface area (Å²) in [5.74, 6) is 1.18. The molecule has 5 heteroatoms. The number of nitrogens with zero attached hydrogens (tertiary/aromatic N) is 3. The van der Waals surface area contributed by atoms with Gasteiger partial charge in [0.2, 0.25) is 5.88 Å². The van der Waals surface area contributed by atoms with Gasteiger partial charge >= 0.3 is 0 Å². The number of aryl methyl sites for hydroxylation is 3. The summed E-state index contributed by atoms with van der Waals surface area (Å²) >= 11 is 0. The van der Waals surface area contributed by atoms with Crippen LogP contribution in [0.1, 0.15) is 30.2 Å². The van der Waals surface area contributed by atoms with Crippen LogP contribution in [0.4, 0.5) is 5.69 Å². The predicted octanol–water partition coefficient (Wildman–Crippen LogP) is 3.16. The van der Waals surface area contributed by atoms with E-state index in [1.165, 1.54) is 0 Å². The Bertz CT molecular complexity index is 667. The van der Waals surface area contributed by atoms with E-state index in [4.69, 9.17) is 15.7 Å². The molecule has 0 unspecified atom stereocenters. The molecule has 0 aliphatic carbocycles. The van der Waals surface area contributed by atoms with Gasteiger partial charge in [-0.2, -0.15) is 10.4 Å². The van der Waals surface area contributed by atoms with Crippen LogP contribution in [0, 0.1) is 25.2 Å². The average molecular weight is 270 g/mol. The Morgan fingerprint density at radius 1 is 1.40 bits per heavy atom. The predicted molar refractivity (Wildman–Crippen MR) is 77.6 cm³/mol. The molecule has 104 valence electrons. The minimum Gasteiger partial charge on any atom is -0.437 e. The van der Waals surface area contributed by atoms with Crippen molar-refractivity contribution in [1.29, 1.82) is 5.26 Å². The fourth-order valence-electron chi connectivity index (χ4n) is 1.93. The summed E-state index contributed by atoms with van der Waals surface area (Å²) in [5, 5.41) is 13.3. The van der Waals surface area contributed by atoms with E-state index in [-0.39, 0.29) is 0 Å². The third-order valence-electron chi connectivity index (χ3n) is 3.08. The maximum Gasteiger partial charge on any atom is 0.241 e. The molecule has 0 bridgehead atoms. The van der Waals surface area contributed by atoms with E-state index in [2.05, 4.69) is 18.1 Å². The summed E-state index contributed by atoms with van der Waals surface area (Å²) < 4.78 is 7.68. The number of aromatic nitrogens is 2. The van der Waals surface area contributed by atoms with Crippen molar-refractivity contribution >= 4 is 5.69 Å². The maximum atomic E-state index is 8.97. The lowest BCUT2D eigenvalue weighted by Gasteiger charge is -2.11. The van der Waals surface area contributed by atoms with Gasteiger partial charge in [0.1, 0.15) is 11.4 Å². The molecular formula is C15H18N4O. The molecule has 0 saturated carbocycles. The van der Waals surface area contributed by atoms with Crippen LogP contribution in [0.3, 0.4) is 0 Å². The van der Waals surface area contributed by atoms with Crippen LogP contribution in [0.15, 0.2) is 18.2 Å². The van der Waals surface area contributed by atoms with Gasteiger partial charge in [-0.3, -0.25) is 0 Å². The van der Waals surface area contributed by atoms with Crippen LogP contribution >= 0.6 is 0 Å². The van der Waals surface area contributed by atoms with Crippen molar-refractivity contribution in [2.45, 2.75) is 33.7 Å². The summed E-state index contributed by atoms with van der Waals surface area (Å²) in [6, 6.07) is 7.44. The number of benzene rings is 1. The van der Waals surface area contributed by atoms with Gasteiger partial charge in [0, 0.05) is 6.54 Å². The molecule has 2 rings (SSSR count). The van der Waals surface area contributed by atoms with Crippen LogP contribution in [0.2, 0.25) is 0 Å². The molecule has 0 fully saturated rings. The lowest BCUT2D eigenvalue weighted by Crippen LogP contribution is -2.03. The Morgan fingerprint density at radius 3 is 2.80 bits per heavy atom.